The zero-order chi connectivity index (χ0) is 13.3. The SMILES string of the molecule is NNC(c1ccc(Cl)cc1F)c1cc(Br)sc1Br. The van der Waals surface area contributed by atoms with Gasteiger partial charge in [-0.05, 0) is 50.1 Å². The average molecular weight is 415 g/mol. The second-order valence-electron chi connectivity index (χ2n) is 3.55. The lowest BCUT2D eigenvalue weighted by molar-refractivity contribution is 0.560. The molecule has 7 heteroatoms. The first-order valence-electron chi connectivity index (χ1n) is 4.88. The Bertz CT molecular complexity index is 576. The summed E-state index contributed by atoms with van der Waals surface area (Å²) in [6.45, 7) is 0. The Morgan fingerprint density at radius 1 is 1.28 bits per heavy atom. The minimum atomic E-state index is -0.431. The normalized spacial score (nSPS) is 12.7. The molecular weight excluding hydrogens is 406 g/mol. The Balaban J connectivity index is 2.48. The van der Waals surface area contributed by atoms with Crippen LogP contribution < -0.4 is 11.3 Å². The number of hydrogen-bond donors (Lipinski definition) is 2. The van der Waals surface area contributed by atoms with Gasteiger partial charge in [-0.15, -0.1) is 11.3 Å². The van der Waals surface area contributed by atoms with Gasteiger partial charge in [0.15, 0.2) is 0 Å². The molecule has 1 atom stereocenters. The van der Waals surface area contributed by atoms with Crippen LogP contribution >= 0.6 is 54.8 Å². The molecule has 96 valence electrons. The van der Waals surface area contributed by atoms with E-state index in [9.17, 15) is 4.39 Å². The highest BCUT2D eigenvalue weighted by molar-refractivity contribution is 9.12. The van der Waals surface area contributed by atoms with E-state index in [0.29, 0.717) is 10.6 Å². The number of rotatable bonds is 3. The molecule has 0 saturated heterocycles. The van der Waals surface area contributed by atoms with Gasteiger partial charge in [-0.2, -0.15) is 0 Å². The lowest BCUT2D eigenvalue weighted by Gasteiger charge is -2.16. The smallest absolute Gasteiger partial charge is 0.129 e. The van der Waals surface area contributed by atoms with Crippen molar-refractivity contribution >= 4 is 54.8 Å². The van der Waals surface area contributed by atoms with Gasteiger partial charge in [-0.1, -0.05) is 17.7 Å². The van der Waals surface area contributed by atoms with Crippen LogP contribution in [0, 0.1) is 5.82 Å². The van der Waals surface area contributed by atoms with E-state index in [1.807, 2.05) is 6.07 Å². The third-order valence-electron chi connectivity index (χ3n) is 2.43. The molecule has 2 nitrogen and oxygen atoms in total. The number of nitrogens with one attached hydrogen (secondary N) is 1. The third-order valence-corrected chi connectivity index (χ3v) is 5.06. The van der Waals surface area contributed by atoms with Gasteiger partial charge in [0.05, 0.1) is 13.6 Å². The minimum absolute atomic E-state index is 0.359. The molecule has 1 aromatic heterocycles. The lowest BCUT2D eigenvalue weighted by Crippen LogP contribution is -2.29. The largest absolute Gasteiger partial charge is 0.271 e. The van der Waals surface area contributed by atoms with E-state index in [-0.39, 0.29) is 5.82 Å². The summed E-state index contributed by atoms with van der Waals surface area (Å²) in [7, 11) is 0. The van der Waals surface area contributed by atoms with Crippen molar-refractivity contribution in [1.82, 2.24) is 5.43 Å². The summed E-state index contributed by atoms with van der Waals surface area (Å²) in [5.41, 5.74) is 3.94. The molecule has 1 unspecified atom stereocenters. The summed E-state index contributed by atoms with van der Waals surface area (Å²) in [5, 5.41) is 0.359. The molecule has 1 aromatic carbocycles. The number of hydrazine groups is 1. The molecule has 18 heavy (non-hydrogen) atoms. The molecule has 0 spiro atoms. The molecule has 0 bridgehead atoms. The van der Waals surface area contributed by atoms with E-state index in [0.717, 1.165) is 13.1 Å². The average Bonchev–Trinajstić information content (AvgIpc) is 2.62. The van der Waals surface area contributed by atoms with Crippen LogP contribution in [0.5, 0.6) is 0 Å². The van der Waals surface area contributed by atoms with Crippen molar-refractivity contribution in [1.29, 1.82) is 0 Å². The second-order valence-corrected chi connectivity index (χ2v) is 7.73. The van der Waals surface area contributed by atoms with Gasteiger partial charge < -0.3 is 0 Å². The number of thiophene rings is 1. The lowest BCUT2D eigenvalue weighted by atomic mass is 10.0. The van der Waals surface area contributed by atoms with Gasteiger partial charge in [0.25, 0.3) is 0 Å². The summed E-state index contributed by atoms with van der Waals surface area (Å²) in [5.74, 6) is 5.15. The van der Waals surface area contributed by atoms with Crippen molar-refractivity contribution < 1.29 is 4.39 Å². The fourth-order valence-electron chi connectivity index (χ4n) is 1.63. The van der Waals surface area contributed by atoms with E-state index >= 15 is 0 Å². The highest BCUT2D eigenvalue weighted by atomic mass is 79.9. The van der Waals surface area contributed by atoms with Crippen molar-refractivity contribution in [3.05, 3.63) is 53.8 Å². The van der Waals surface area contributed by atoms with E-state index in [1.54, 1.807) is 12.1 Å². The maximum atomic E-state index is 13.9. The van der Waals surface area contributed by atoms with Crippen molar-refractivity contribution in [2.75, 3.05) is 0 Å². The maximum absolute atomic E-state index is 13.9. The second kappa shape index (κ2) is 5.98. The van der Waals surface area contributed by atoms with Gasteiger partial charge in [0, 0.05) is 16.1 Å². The maximum Gasteiger partial charge on any atom is 0.129 e. The molecule has 0 aliphatic rings. The first-order chi connectivity index (χ1) is 8.52. The van der Waals surface area contributed by atoms with Crippen LogP contribution in [0.3, 0.4) is 0 Å². The molecule has 3 N–H and O–H groups in total. The van der Waals surface area contributed by atoms with Crippen LogP contribution in [0.4, 0.5) is 4.39 Å². The van der Waals surface area contributed by atoms with Crippen LogP contribution in [-0.4, -0.2) is 0 Å². The molecule has 0 aliphatic carbocycles. The highest BCUT2D eigenvalue weighted by Gasteiger charge is 2.21. The minimum Gasteiger partial charge on any atom is -0.271 e. The first-order valence-corrected chi connectivity index (χ1v) is 7.66. The van der Waals surface area contributed by atoms with E-state index in [2.05, 4.69) is 37.3 Å². The van der Waals surface area contributed by atoms with Crippen LogP contribution in [0.2, 0.25) is 5.02 Å². The number of hydrogen-bond acceptors (Lipinski definition) is 3. The Kier molecular flexibility index (Phi) is 4.80. The van der Waals surface area contributed by atoms with Crippen molar-refractivity contribution in [3.8, 4) is 0 Å². The van der Waals surface area contributed by atoms with Crippen LogP contribution in [0.1, 0.15) is 17.2 Å². The van der Waals surface area contributed by atoms with Crippen molar-refractivity contribution in [2.45, 2.75) is 6.04 Å². The van der Waals surface area contributed by atoms with Gasteiger partial charge in [-0.3, -0.25) is 5.84 Å². The zero-order valence-electron chi connectivity index (χ0n) is 8.88. The third kappa shape index (κ3) is 2.95. The topological polar surface area (TPSA) is 38.0 Å². The summed E-state index contributed by atoms with van der Waals surface area (Å²) in [6.07, 6.45) is 0. The first kappa shape index (κ1) is 14.4. The molecule has 2 rings (SSSR count). The van der Waals surface area contributed by atoms with Gasteiger partial charge >= 0.3 is 0 Å². The molecule has 1 heterocycles. The number of nitrogens with two attached hydrogens (primary N) is 1. The monoisotopic (exact) mass is 412 g/mol. The van der Waals surface area contributed by atoms with E-state index < -0.39 is 6.04 Å². The van der Waals surface area contributed by atoms with E-state index in [4.69, 9.17) is 17.4 Å². The standard InChI is InChI=1S/C11H8Br2ClFN2S/c12-9-4-7(11(13)18-9)10(17-16)6-2-1-5(14)3-8(6)15/h1-4,10,17H,16H2. The van der Waals surface area contributed by atoms with Crippen LogP contribution in [0.15, 0.2) is 31.8 Å². The quantitative estimate of drug-likeness (QED) is 0.568. The summed E-state index contributed by atoms with van der Waals surface area (Å²) in [4.78, 5) is 0. The van der Waals surface area contributed by atoms with Crippen LogP contribution in [-0.2, 0) is 0 Å². The molecule has 0 amide bonds. The predicted octanol–water partition coefficient (Wildman–Crippen LogP) is 4.62. The van der Waals surface area contributed by atoms with Gasteiger partial charge in [0.2, 0.25) is 0 Å². The Morgan fingerprint density at radius 3 is 2.50 bits per heavy atom. The van der Waals surface area contributed by atoms with Crippen LogP contribution in [0.25, 0.3) is 0 Å². The molecule has 2 aromatic rings. The molecule has 0 radical (unpaired) electrons. The Labute approximate surface area is 130 Å². The van der Waals surface area contributed by atoms with E-state index in [1.165, 1.54) is 17.4 Å². The molecule has 0 aliphatic heterocycles. The van der Waals surface area contributed by atoms with Gasteiger partial charge in [0.1, 0.15) is 5.82 Å². The molecule has 0 fully saturated rings. The number of benzene rings is 1. The summed E-state index contributed by atoms with van der Waals surface area (Å²) < 4.78 is 15.7. The summed E-state index contributed by atoms with van der Waals surface area (Å²) >= 11 is 14.1. The Morgan fingerprint density at radius 2 is 2.00 bits per heavy atom. The fourth-order valence-corrected chi connectivity index (χ4v) is 4.69. The summed E-state index contributed by atoms with van der Waals surface area (Å²) in [6, 6.07) is 6.00. The zero-order valence-corrected chi connectivity index (χ0v) is 13.6. The highest BCUT2D eigenvalue weighted by Crippen LogP contribution is 2.38. The predicted molar refractivity (Wildman–Crippen MR) is 80.3 cm³/mol. The van der Waals surface area contributed by atoms with Crippen molar-refractivity contribution in [2.24, 2.45) is 5.84 Å². The fraction of sp³-hybridized carbons (Fsp3) is 0.0909. The molecular formula is C11H8Br2ClFN2S. The number of halogens is 4. The van der Waals surface area contributed by atoms with Crippen molar-refractivity contribution in [3.63, 3.8) is 0 Å². The Hall–Kier alpha value is 0.0200. The van der Waals surface area contributed by atoms with Gasteiger partial charge in [-0.25, -0.2) is 9.82 Å². The molecule has 0 saturated carbocycles.